The Bertz CT molecular complexity index is 766. The van der Waals surface area contributed by atoms with Crippen LogP contribution in [0.5, 0.6) is 0 Å². The molecule has 20 heavy (non-hydrogen) atoms. The summed E-state index contributed by atoms with van der Waals surface area (Å²) >= 11 is 0. The molecule has 3 aromatic rings. The number of nitrogens with one attached hydrogen (secondary N) is 2. The van der Waals surface area contributed by atoms with E-state index in [-0.39, 0.29) is 0 Å². The van der Waals surface area contributed by atoms with Gasteiger partial charge in [-0.15, -0.1) is 0 Å². The molecule has 4 heteroatoms. The van der Waals surface area contributed by atoms with Gasteiger partial charge in [-0.05, 0) is 25.1 Å². The van der Waals surface area contributed by atoms with Gasteiger partial charge in [0.05, 0.1) is 11.4 Å². The Kier molecular flexibility index (Phi) is 3.13. The van der Waals surface area contributed by atoms with Crippen LogP contribution in [-0.4, -0.2) is 15.8 Å². The number of hydrogen-bond donors (Lipinski definition) is 2. The van der Waals surface area contributed by atoms with Crippen LogP contribution < -0.4 is 5.32 Å². The lowest BCUT2D eigenvalue weighted by molar-refractivity contribution is 1.23. The van der Waals surface area contributed by atoms with Crippen molar-refractivity contribution >= 4 is 22.4 Å². The predicted molar refractivity (Wildman–Crippen MR) is 82.0 cm³/mol. The molecule has 98 valence electrons. The van der Waals surface area contributed by atoms with Crippen LogP contribution in [0.25, 0.3) is 22.3 Å². The molecule has 0 spiro atoms. The van der Waals surface area contributed by atoms with Crippen LogP contribution >= 0.6 is 0 Å². The molecule has 1 heterocycles. The van der Waals surface area contributed by atoms with Crippen LogP contribution in [-0.2, 0) is 0 Å². The highest BCUT2D eigenvalue weighted by molar-refractivity contribution is 5.93. The molecule has 0 aliphatic heterocycles. The lowest BCUT2D eigenvalue weighted by Gasteiger charge is -2.06. The number of amidine groups is 1. The van der Waals surface area contributed by atoms with Crippen molar-refractivity contribution in [3.8, 4) is 11.4 Å². The van der Waals surface area contributed by atoms with Gasteiger partial charge in [-0.1, -0.05) is 30.3 Å². The highest BCUT2D eigenvalue weighted by Crippen LogP contribution is 2.20. The topological polar surface area (TPSA) is 61.7 Å². The predicted octanol–water partition coefficient (Wildman–Crippen LogP) is 3.71. The van der Waals surface area contributed by atoms with Gasteiger partial charge >= 0.3 is 0 Å². The van der Waals surface area contributed by atoms with Crippen molar-refractivity contribution < 1.29 is 0 Å². The molecule has 0 saturated heterocycles. The van der Waals surface area contributed by atoms with Crippen molar-refractivity contribution in [1.29, 1.82) is 5.41 Å². The third-order valence-corrected chi connectivity index (χ3v) is 2.95. The summed E-state index contributed by atoms with van der Waals surface area (Å²) in [7, 11) is 0. The quantitative estimate of drug-likeness (QED) is 0.546. The number of anilines is 1. The zero-order valence-electron chi connectivity index (χ0n) is 11.1. The molecule has 3 rings (SSSR count). The summed E-state index contributed by atoms with van der Waals surface area (Å²) in [4.78, 5) is 8.99. The third-order valence-electron chi connectivity index (χ3n) is 2.95. The molecule has 0 amide bonds. The Labute approximate surface area is 117 Å². The van der Waals surface area contributed by atoms with Crippen LogP contribution in [0, 0.1) is 5.41 Å². The van der Waals surface area contributed by atoms with E-state index >= 15 is 0 Å². The molecule has 0 atom stereocenters. The number of fused-ring (bicyclic) bond motifs is 1. The maximum absolute atomic E-state index is 7.47. The minimum Gasteiger partial charge on any atom is -0.344 e. The fourth-order valence-electron chi connectivity index (χ4n) is 2.04. The van der Waals surface area contributed by atoms with E-state index in [1.54, 1.807) is 6.92 Å². The highest BCUT2D eigenvalue weighted by atomic mass is 14.9. The van der Waals surface area contributed by atoms with Crippen molar-refractivity contribution in [2.75, 3.05) is 5.32 Å². The summed E-state index contributed by atoms with van der Waals surface area (Å²) < 4.78 is 0. The second kappa shape index (κ2) is 5.09. The maximum Gasteiger partial charge on any atom is 0.159 e. The molecular formula is C16H14N4. The highest BCUT2D eigenvalue weighted by Gasteiger charge is 2.03. The normalized spacial score (nSPS) is 10.4. The van der Waals surface area contributed by atoms with Gasteiger partial charge in [0.2, 0.25) is 0 Å². The molecule has 1 aromatic heterocycles. The minimum atomic E-state index is 0.404. The van der Waals surface area contributed by atoms with Crippen LogP contribution in [0.2, 0.25) is 0 Å². The standard InChI is InChI=1S/C16H14N4/c1-11(17)19-14-8-7-13-10-18-16(20-15(13)9-14)12-5-3-2-4-6-12/h2-10H,1H3,(H2,17,19). The van der Waals surface area contributed by atoms with E-state index < -0.39 is 0 Å². The summed E-state index contributed by atoms with van der Waals surface area (Å²) in [5.74, 6) is 1.11. The monoisotopic (exact) mass is 262 g/mol. The van der Waals surface area contributed by atoms with Crippen LogP contribution in [0.4, 0.5) is 5.69 Å². The van der Waals surface area contributed by atoms with Gasteiger partial charge in [0, 0.05) is 22.8 Å². The van der Waals surface area contributed by atoms with E-state index in [1.807, 2.05) is 54.7 Å². The Morgan fingerprint density at radius 2 is 1.90 bits per heavy atom. The molecular weight excluding hydrogens is 248 g/mol. The molecule has 0 saturated carbocycles. The summed E-state index contributed by atoms with van der Waals surface area (Å²) in [6.07, 6.45) is 1.83. The van der Waals surface area contributed by atoms with E-state index in [0.717, 1.165) is 22.2 Å². The van der Waals surface area contributed by atoms with Crippen molar-refractivity contribution in [1.82, 2.24) is 9.97 Å². The smallest absolute Gasteiger partial charge is 0.159 e. The summed E-state index contributed by atoms with van der Waals surface area (Å²) in [6, 6.07) is 15.7. The van der Waals surface area contributed by atoms with Crippen LogP contribution in [0.3, 0.4) is 0 Å². The average molecular weight is 262 g/mol. The number of hydrogen-bond acceptors (Lipinski definition) is 3. The maximum atomic E-state index is 7.47. The number of benzene rings is 2. The fraction of sp³-hybridized carbons (Fsp3) is 0.0625. The molecule has 0 fully saturated rings. The summed E-state index contributed by atoms with van der Waals surface area (Å²) in [6.45, 7) is 1.71. The van der Waals surface area contributed by atoms with E-state index in [4.69, 9.17) is 5.41 Å². The minimum absolute atomic E-state index is 0.404. The molecule has 0 bridgehead atoms. The number of nitrogens with zero attached hydrogens (tertiary/aromatic N) is 2. The average Bonchev–Trinajstić information content (AvgIpc) is 2.47. The van der Waals surface area contributed by atoms with Gasteiger partial charge in [-0.2, -0.15) is 0 Å². The third kappa shape index (κ3) is 2.49. The fourth-order valence-corrected chi connectivity index (χ4v) is 2.04. The summed E-state index contributed by atoms with van der Waals surface area (Å²) in [5, 5.41) is 11.4. The van der Waals surface area contributed by atoms with Gasteiger partial charge in [0.25, 0.3) is 0 Å². The first kappa shape index (κ1) is 12.3. The van der Waals surface area contributed by atoms with E-state index in [0.29, 0.717) is 11.7 Å². The van der Waals surface area contributed by atoms with Gasteiger partial charge in [-0.3, -0.25) is 5.41 Å². The van der Waals surface area contributed by atoms with Gasteiger partial charge in [0.15, 0.2) is 5.82 Å². The van der Waals surface area contributed by atoms with E-state index in [2.05, 4.69) is 15.3 Å². The van der Waals surface area contributed by atoms with Crippen LogP contribution in [0.1, 0.15) is 6.92 Å². The SMILES string of the molecule is CC(=N)Nc1ccc2cnc(-c3ccccc3)nc2c1. The van der Waals surface area contributed by atoms with Gasteiger partial charge in [-0.25, -0.2) is 9.97 Å². The van der Waals surface area contributed by atoms with Crippen LogP contribution in [0.15, 0.2) is 54.7 Å². The second-order valence-electron chi connectivity index (χ2n) is 4.58. The molecule has 2 N–H and O–H groups in total. The Hall–Kier alpha value is -2.75. The lowest BCUT2D eigenvalue weighted by Crippen LogP contribution is -2.04. The molecule has 0 radical (unpaired) electrons. The molecule has 2 aromatic carbocycles. The molecule has 4 nitrogen and oxygen atoms in total. The van der Waals surface area contributed by atoms with Crippen molar-refractivity contribution in [3.05, 3.63) is 54.7 Å². The zero-order valence-corrected chi connectivity index (χ0v) is 11.1. The Morgan fingerprint density at radius 3 is 2.65 bits per heavy atom. The number of aromatic nitrogens is 2. The molecule has 0 aliphatic rings. The second-order valence-corrected chi connectivity index (χ2v) is 4.58. The van der Waals surface area contributed by atoms with Crippen molar-refractivity contribution in [2.24, 2.45) is 0 Å². The van der Waals surface area contributed by atoms with E-state index in [1.165, 1.54) is 0 Å². The van der Waals surface area contributed by atoms with E-state index in [9.17, 15) is 0 Å². The largest absolute Gasteiger partial charge is 0.344 e. The molecule has 0 aliphatic carbocycles. The summed E-state index contributed by atoms with van der Waals surface area (Å²) in [5.41, 5.74) is 2.73. The Morgan fingerprint density at radius 1 is 1.10 bits per heavy atom. The molecule has 0 unspecified atom stereocenters. The first-order valence-electron chi connectivity index (χ1n) is 6.37. The van der Waals surface area contributed by atoms with Gasteiger partial charge in [0.1, 0.15) is 0 Å². The first-order valence-corrected chi connectivity index (χ1v) is 6.37. The van der Waals surface area contributed by atoms with Crippen molar-refractivity contribution in [3.63, 3.8) is 0 Å². The lowest BCUT2D eigenvalue weighted by atomic mass is 10.2. The Balaban J connectivity index is 2.07. The van der Waals surface area contributed by atoms with Crippen molar-refractivity contribution in [2.45, 2.75) is 6.92 Å². The number of rotatable bonds is 2. The van der Waals surface area contributed by atoms with Gasteiger partial charge < -0.3 is 5.32 Å². The first-order chi connectivity index (χ1) is 9.72. The zero-order chi connectivity index (χ0) is 13.9.